The largest absolute Gasteiger partial charge is 0.379 e. The highest BCUT2D eigenvalue weighted by Gasteiger charge is 2.33. The van der Waals surface area contributed by atoms with Crippen molar-refractivity contribution in [2.75, 3.05) is 19.0 Å². The smallest absolute Gasteiger partial charge is 0.133 e. The lowest BCUT2D eigenvalue weighted by molar-refractivity contribution is 0.0455. The molecule has 0 spiro atoms. The number of rotatable bonds is 7. The van der Waals surface area contributed by atoms with E-state index >= 15 is 0 Å². The first kappa shape index (κ1) is 15.4. The summed E-state index contributed by atoms with van der Waals surface area (Å²) >= 11 is 1.91. The Hall–Kier alpha value is -1.02. The van der Waals surface area contributed by atoms with Crippen molar-refractivity contribution in [3.63, 3.8) is 0 Å². The summed E-state index contributed by atoms with van der Waals surface area (Å²) in [7, 11) is 0. The van der Waals surface area contributed by atoms with E-state index in [9.17, 15) is 5.26 Å². The maximum atomic E-state index is 9.77. The summed E-state index contributed by atoms with van der Waals surface area (Å²) in [5.41, 5.74) is 0.467. The van der Waals surface area contributed by atoms with Crippen molar-refractivity contribution in [1.29, 1.82) is 5.26 Å². The van der Waals surface area contributed by atoms with Gasteiger partial charge in [0, 0.05) is 6.04 Å². The van der Waals surface area contributed by atoms with Crippen LogP contribution in [-0.4, -0.2) is 30.3 Å². The average molecular weight is 290 g/mol. The monoisotopic (exact) mass is 290 g/mol. The predicted molar refractivity (Wildman–Crippen MR) is 83.7 cm³/mol. The molecule has 1 aromatic rings. The second-order valence-corrected chi connectivity index (χ2v) is 6.87. The van der Waals surface area contributed by atoms with Crippen LogP contribution < -0.4 is 5.32 Å². The van der Waals surface area contributed by atoms with E-state index in [1.165, 1.54) is 0 Å². The number of nitriles is 1. The van der Waals surface area contributed by atoms with Gasteiger partial charge >= 0.3 is 0 Å². The zero-order valence-corrected chi connectivity index (χ0v) is 13.0. The zero-order chi connectivity index (χ0) is 14.4. The Morgan fingerprint density at radius 2 is 2.10 bits per heavy atom. The van der Waals surface area contributed by atoms with E-state index in [2.05, 4.69) is 25.2 Å². The summed E-state index contributed by atoms with van der Waals surface area (Å²) in [6, 6.07) is 12.8. The molecule has 0 amide bonds. The molecule has 1 heterocycles. The molecule has 1 N–H and O–H groups in total. The molecule has 1 aromatic carbocycles. The standard InChI is InChI=1S/C16H22N2OS/c1-13(2)18-16(12-17,14-6-4-3-5-7-14)8-9-20-15-10-19-11-15/h3-7,13,15,18H,8-11H2,1-2H3. The van der Waals surface area contributed by atoms with Gasteiger partial charge in [0.1, 0.15) is 5.54 Å². The fourth-order valence-corrected chi connectivity index (χ4v) is 3.50. The van der Waals surface area contributed by atoms with Crippen LogP contribution >= 0.6 is 11.8 Å². The van der Waals surface area contributed by atoms with Crippen molar-refractivity contribution in [1.82, 2.24) is 5.32 Å². The van der Waals surface area contributed by atoms with Gasteiger partial charge in [-0.15, -0.1) is 0 Å². The first-order chi connectivity index (χ1) is 9.66. The fourth-order valence-electron chi connectivity index (χ4n) is 2.36. The van der Waals surface area contributed by atoms with Crippen LogP contribution in [0.4, 0.5) is 0 Å². The van der Waals surface area contributed by atoms with Gasteiger partial charge < -0.3 is 4.74 Å². The van der Waals surface area contributed by atoms with Crippen LogP contribution in [0.2, 0.25) is 0 Å². The van der Waals surface area contributed by atoms with Crippen LogP contribution in [0.15, 0.2) is 30.3 Å². The van der Waals surface area contributed by atoms with E-state index < -0.39 is 5.54 Å². The second kappa shape index (κ2) is 7.12. The summed E-state index contributed by atoms with van der Waals surface area (Å²) in [5, 5.41) is 13.8. The summed E-state index contributed by atoms with van der Waals surface area (Å²) in [5.74, 6) is 0.968. The molecule has 0 saturated carbocycles. The molecule has 2 rings (SSSR count). The SMILES string of the molecule is CC(C)NC(C#N)(CCSC1COC1)c1ccccc1. The number of hydrogen-bond acceptors (Lipinski definition) is 4. The quantitative estimate of drug-likeness (QED) is 0.838. The first-order valence-corrected chi connectivity index (χ1v) is 8.15. The van der Waals surface area contributed by atoms with Gasteiger partial charge in [0.25, 0.3) is 0 Å². The second-order valence-electron chi connectivity index (χ2n) is 5.46. The van der Waals surface area contributed by atoms with Crippen LogP contribution in [0.5, 0.6) is 0 Å². The minimum absolute atomic E-state index is 0.270. The molecule has 0 aliphatic carbocycles. The Balaban J connectivity index is 2.07. The van der Waals surface area contributed by atoms with E-state index in [-0.39, 0.29) is 6.04 Å². The third-order valence-corrected chi connectivity index (χ3v) is 4.61. The lowest BCUT2D eigenvalue weighted by Crippen LogP contribution is -2.45. The van der Waals surface area contributed by atoms with Crippen LogP contribution in [-0.2, 0) is 10.3 Å². The molecule has 0 radical (unpaired) electrons. The summed E-state index contributed by atoms with van der Waals surface area (Å²) in [6.07, 6.45) is 0.812. The predicted octanol–water partition coefficient (Wildman–Crippen LogP) is 2.93. The third kappa shape index (κ3) is 3.76. The number of ether oxygens (including phenoxy) is 1. The molecule has 0 aromatic heterocycles. The number of benzene rings is 1. The number of nitrogens with one attached hydrogen (secondary N) is 1. The van der Waals surface area contributed by atoms with Gasteiger partial charge in [-0.25, -0.2) is 0 Å². The Bertz CT molecular complexity index is 453. The molecule has 1 fully saturated rings. The number of hydrogen-bond donors (Lipinski definition) is 1. The normalized spacial score (nSPS) is 18.3. The Kier molecular flexibility index (Phi) is 5.47. The molecule has 20 heavy (non-hydrogen) atoms. The first-order valence-electron chi connectivity index (χ1n) is 7.10. The van der Waals surface area contributed by atoms with E-state index in [0.29, 0.717) is 5.25 Å². The van der Waals surface area contributed by atoms with Crippen molar-refractivity contribution in [2.45, 2.75) is 37.1 Å². The maximum Gasteiger partial charge on any atom is 0.133 e. The molecule has 1 unspecified atom stereocenters. The van der Waals surface area contributed by atoms with Crippen LogP contribution in [0.25, 0.3) is 0 Å². The minimum atomic E-state index is -0.590. The topological polar surface area (TPSA) is 45.0 Å². The molecule has 1 atom stereocenters. The van der Waals surface area contributed by atoms with E-state index in [1.807, 2.05) is 42.1 Å². The van der Waals surface area contributed by atoms with Crippen molar-refractivity contribution in [2.24, 2.45) is 0 Å². The molecule has 4 heteroatoms. The summed E-state index contributed by atoms with van der Waals surface area (Å²) in [4.78, 5) is 0. The van der Waals surface area contributed by atoms with Crippen LogP contribution in [0.1, 0.15) is 25.8 Å². The van der Waals surface area contributed by atoms with Gasteiger partial charge in [0.2, 0.25) is 0 Å². The zero-order valence-electron chi connectivity index (χ0n) is 12.1. The van der Waals surface area contributed by atoms with E-state index in [4.69, 9.17) is 4.74 Å². The van der Waals surface area contributed by atoms with Crippen molar-refractivity contribution < 1.29 is 4.74 Å². The van der Waals surface area contributed by atoms with Crippen molar-refractivity contribution in [3.05, 3.63) is 35.9 Å². The highest BCUT2D eigenvalue weighted by molar-refractivity contribution is 8.00. The molecule has 0 bridgehead atoms. The minimum Gasteiger partial charge on any atom is -0.379 e. The number of nitrogens with zero attached hydrogens (tertiary/aromatic N) is 1. The third-order valence-electron chi connectivity index (χ3n) is 3.43. The maximum absolute atomic E-state index is 9.77. The van der Waals surface area contributed by atoms with Gasteiger partial charge in [0.15, 0.2) is 0 Å². The highest BCUT2D eigenvalue weighted by Crippen LogP contribution is 2.29. The van der Waals surface area contributed by atoms with E-state index in [0.717, 1.165) is 31.0 Å². The van der Waals surface area contributed by atoms with Crippen molar-refractivity contribution in [3.8, 4) is 6.07 Å². The Morgan fingerprint density at radius 3 is 2.60 bits per heavy atom. The van der Waals surface area contributed by atoms with Gasteiger partial charge in [-0.2, -0.15) is 17.0 Å². The van der Waals surface area contributed by atoms with Gasteiger partial charge in [-0.1, -0.05) is 30.3 Å². The summed E-state index contributed by atoms with van der Waals surface area (Å²) < 4.78 is 5.19. The average Bonchev–Trinajstić information content (AvgIpc) is 2.41. The molecular formula is C16H22N2OS. The van der Waals surface area contributed by atoms with Gasteiger partial charge in [-0.05, 0) is 31.6 Å². The fraction of sp³-hybridized carbons (Fsp3) is 0.562. The highest BCUT2D eigenvalue weighted by atomic mass is 32.2. The molecule has 1 aliphatic rings. The number of thioether (sulfide) groups is 1. The Labute approximate surface area is 125 Å². The summed E-state index contributed by atoms with van der Waals surface area (Å²) in [6.45, 7) is 5.88. The Morgan fingerprint density at radius 1 is 1.40 bits per heavy atom. The van der Waals surface area contributed by atoms with Gasteiger partial charge in [0.05, 0.1) is 24.5 Å². The van der Waals surface area contributed by atoms with Crippen molar-refractivity contribution >= 4 is 11.8 Å². The van der Waals surface area contributed by atoms with Crippen LogP contribution in [0.3, 0.4) is 0 Å². The van der Waals surface area contributed by atoms with Gasteiger partial charge in [-0.3, -0.25) is 5.32 Å². The molecule has 108 valence electrons. The van der Waals surface area contributed by atoms with E-state index in [1.54, 1.807) is 0 Å². The molecular weight excluding hydrogens is 268 g/mol. The molecule has 1 aliphatic heterocycles. The molecule has 3 nitrogen and oxygen atoms in total. The lowest BCUT2D eigenvalue weighted by Gasteiger charge is -2.32. The van der Waals surface area contributed by atoms with Crippen LogP contribution in [0, 0.1) is 11.3 Å². The molecule has 1 saturated heterocycles. The lowest BCUT2D eigenvalue weighted by atomic mass is 9.88.